The molecule has 0 radical (unpaired) electrons. The summed E-state index contributed by atoms with van der Waals surface area (Å²) < 4.78 is 11.5. The van der Waals surface area contributed by atoms with Gasteiger partial charge in [0.25, 0.3) is 0 Å². The fourth-order valence-corrected chi connectivity index (χ4v) is 3.89. The van der Waals surface area contributed by atoms with Gasteiger partial charge in [-0.15, -0.1) is 0 Å². The Kier molecular flexibility index (Phi) is 5.51. The van der Waals surface area contributed by atoms with E-state index < -0.39 is 0 Å². The van der Waals surface area contributed by atoms with Crippen LogP contribution in [-0.2, 0) is 4.74 Å². The van der Waals surface area contributed by atoms with Gasteiger partial charge in [-0.25, -0.2) is 9.97 Å². The molecule has 6 heteroatoms. The molecule has 1 aliphatic heterocycles. The Hall–Kier alpha value is -1.92. The SMILES string of the molecule is CCN[C@H]1CC[C@H](Nc2ncc3cccc(OC4CCOC4)c3n2)CC1. The van der Waals surface area contributed by atoms with Crippen LogP contribution in [0.5, 0.6) is 5.75 Å². The fraction of sp³-hybridized carbons (Fsp3) is 0.600. The Balaban J connectivity index is 1.46. The van der Waals surface area contributed by atoms with Gasteiger partial charge in [0.15, 0.2) is 0 Å². The van der Waals surface area contributed by atoms with Gasteiger partial charge >= 0.3 is 0 Å². The highest BCUT2D eigenvalue weighted by Crippen LogP contribution is 2.27. The summed E-state index contributed by atoms with van der Waals surface area (Å²) in [6, 6.07) is 7.10. The van der Waals surface area contributed by atoms with E-state index >= 15 is 0 Å². The minimum atomic E-state index is 0.119. The summed E-state index contributed by atoms with van der Waals surface area (Å²) >= 11 is 0. The van der Waals surface area contributed by atoms with Gasteiger partial charge < -0.3 is 20.1 Å². The van der Waals surface area contributed by atoms with Crippen LogP contribution in [0.1, 0.15) is 39.0 Å². The average molecular weight is 356 g/mol. The lowest BCUT2D eigenvalue weighted by Crippen LogP contribution is -2.37. The largest absolute Gasteiger partial charge is 0.486 e. The van der Waals surface area contributed by atoms with E-state index in [1.54, 1.807) is 0 Å². The van der Waals surface area contributed by atoms with E-state index in [1.165, 1.54) is 12.8 Å². The zero-order valence-corrected chi connectivity index (χ0v) is 15.4. The molecule has 2 fully saturated rings. The monoisotopic (exact) mass is 356 g/mol. The summed E-state index contributed by atoms with van der Waals surface area (Å²) in [5.74, 6) is 1.52. The van der Waals surface area contributed by atoms with E-state index in [1.807, 2.05) is 24.4 Å². The van der Waals surface area contributed by atoms with Crippen LogP contribution in [0, 0.1) is 0 Å². The summed E-state index contributed by atoms with van der Waals surface area (Å²) in [4.78, 5) is 9.27. The third kappa shape index (κ3) is 4.07. The molecule has 1 aromatic heterocycles. The molecule has 1 aromatic carbocycles. The lowest BCUT2D eigenvalue weighted by Gasteiger charge is -2.29. The van der Waals surface area contributed by atoms with Crippen LogP contribution < -0.4 is 15.4 Å². The van der Waals surface area contributed by atoms with Crippen molar-refractivity contribution >= 4 is 16.9 Å². The van der Waals surface area contributed by atoms with Gasteiger partial charge in [0.05, 0.1) is 13.2 Å². The lowest BCUT2D eigenvalue weighted by molar-refractivity contribution is 0.142. The Bertz CT molecular complexity index is 725. The van der Waals surface area contributed by atoms with Crippen molar-refractivity contribution in [1.82, 2.24) is 15.3 Å². The van der Waals surface area contributed by atoms with Gasteiger partial charge in [-0.2, -0.15) is 0 Å². The molecule has 2 heterocycles. The average Bonchev–Trinajstić information content (AvgIpc) is 3.17. The van der Waals surface area contributed by atoms with E-state index in [0.717, 1.165) is 49.1 Å². The molecule has 1 atom stereocenters. The molecule has 1 aliphatic carbocycles. The summed E-state index contributed by atoms with van der Waals surface area (Å²) in [6.07, 6.45) is 7.64. The zero-order chi connectivity index (χ0) is 17.8. The van der Waals surface area contributed by atoms with Crippen LogP contribution in [0.3, 0.4) is 0 Å². The summed E-state index contributed by atoms with van der Waals surface area (Å²) in [6.45, 7) is 4.64. The second kappa shape index (κ2) is 8.18. The Labute approximate surface area is 154 Å². The summed E-state index contributed by atoms with van der Waals surface area (Å²) in [5.41, 5.74) is 0.873. The second-order valence-electron chi connectivity index (χ2n) is 7.24. The molecule has 0 bridgehead atoms. The maximum atomic E-state index is 6.12. The standard InChI is InChI=1S/C20H28N4O2/c1-2-21-15-6-8-16(9-7-15)23-20-22-12-14-4-3-5-18(19(14)24-20)26-17-10-11-25-13-17/h3-5,12,15-17,21H,2,6-11,13H2,1H3,(H,22,23,24)/t15-,16-,17?. The molecule has 1 unspecified atom stereocenters. The minimum absolute atomic E-state index is 0.119. The number of para-hydroxylation sites is 1. The number of fused-ring (bicyclic) bond motifs is 1. The van der Waals surface area contributed by atoms with Gasteiger partial charge in [-0.1, -0.05) is 19.1 Å². The highest BCUT2D eigenvalue weighted by molar-refractivity contribution is 5.84. The first-order valence-corrected chi connectivity index (χ1v) is 9.82. The number of benzene rings is 1. The molecule has 1 saturated heterocycles. The van der Waals surface area contributed by atoms with E-state index in [4.69, 9.17) is 14.5 Å². The number of hydrogen-bond donors (Lipinski definition) is 2. The Morgan fingerprint density at radius 1 is 1.15 bits per heavy atom. The maximum absolute atomic E-state index is 6.12. The molecule has 2 aliphatic rings. The first-order chi connectivity index (χ1) is 12.8. The first kappa shape index (κ1) is 17.5. The number of ether oxygens (including phenoxy) is 2. The van der Waals surface area contributed by atoms with Crippen molar-refractivity contribution in [2.45, 2.75) is 57.2 Å². The predicted octanol–water partition coefficient (Wildman–Crippen LogP) is 3.13. The van der Waals surface area contributed by atoms with Gasteiger partial charge in [-0.3, -0.25) is 0 Å². The van der Waals surface area contributed by atoms with Gasteiger partial charge in [0, 0.05) is 30.1 Å². The molecular formula is C20H28N4O2. The van der Waals surface area contributed by atoms with Crippen molar-refractivity contribution in [2.75, 3.05) is 25.1 Å². The van der Waals surface area contributed by atoms with E-state index in [2.05, 4.69) is 22.5 Å². The number of nitrogens with one attached hydrogen (secondary N) is 2. The second-order valence-corrected chi connectivity index (χ2v) is 7.24. The number of aromatic nitrogens is 2. The molecule has 0 amide bonds. The maximum Gasteiger partial charge on any atom is 0.223 e. The molecule has 2 aromatic rings. The normalized spacial score (nSPS) is 26.1. The van der Waals surface area contributed by atoms with Crippen molar-refractivity contribution in [2.24, 2.45) is 0 Å². The number of rotatable bonds is 6. The van der Waals surface area contributed by atoms with Crippen LogP contribution in [0.25, 0.3) is 10.9 Å². The number of nitrogens with zero attached hydrogens (tertiary/aromatic N) is 2. The van der Waals surface area contributed by atoms with Gasteiger partial charge in [0.1, 0.15) is 17.4 Å². The first-order valence-electron chi connectivity index (χ1n) is 9.82. The van der Waals surface area contributed by atoms with Crippen molar-refractivity contribution in [3.63, 3.8) is 0 Å². The molecule has 26 heavy (non-hydrogen) atoms. The van der Waals surface area contributed by atoms with Crippen LogP contribution >= 0.6 is 0 Å². The van der Waals surface area contributed by atoms with Crippen LogP contribution in [0.4, 0.5) is 5.95 Å². The quantitative estimate of drug-likeness (QED) is 0.829. The highest BCUT2D eigenvalue weighted by Gasteiger charge is 2.22. The summed E-state index contributed by atoms with van der Waals surface area (Å²) in [7, 11) is 0. The van der Waals surface area contributed by atoms with Crippen molar-refractivity contribution in [3.8, 4) is 5.75 Å². The number of anilines is 1. The van der Waals surface area contributed by atoms with Crippen molar-refractivity contribution in [3.05, 3.63) is 24.4 Å². The van der Waals surface area contributed by atoms with E-state index in [9.17, 15) is 0 Å². The highest BCUT2D eigenvalue weighted by atomic mass is 16.5. The van der Waals surface area contributed by atoms with Gasteiger partial charge in [-0.05, 0) is 38.3 Å². The molecule has 0 spiro atoms. The van der Waals surface area contributed by atoms with Crippen LogP contribution in [-0.4, -0.2) is 47.9 Å². The molecular weight excluding hydrogens is 328 g/mol. The third-order valence-electron chi connectivity index (χ3n) is 5.31. The molecule has 2 N–H and O–H groups in total. The Morgan fingerprint density at radius 3 is 2.77 bits per heavy atom. The Morgan fingerprint density at radius 2 is 2.00 bits per heavy atom. The fourth-order valence-electron chi connectivity index (χ4n) is 3.89. The third-order valence-corrected chi connectivity index (χ3v) is 5.31. The van der Waals surface area contributed by atoms with E-state index in [0.29, 0.717) is 24.6 Å². The van der Waals surface area contributed by atoms with Crippen LogP contribution in [0.2, 0.25) is 0 Å². The van der Waals surface area contributed by atoms with Gasteiger partial charge in [0.2, 0.25) is 5.95 Å². The van der Waals surface area contributed by atoms with Crippen LogP contribution in [0.15, 0.2) is 24.4 Å². The molecule has 6 nitrogen and oxygen atoms in total. The zero-order valence-electron chi connectivity index (χ0n) is 15.4. The smallest absolute Gasteiger partial charge is 0.223 e. The summed E-state index contributed by atoms with van der Waals surface area (Å²) in [5, 5.41) is 8.08. The number of hydrogen-bond acceptors (Lipinski definition) is 6. The minimum Gasteiger partial charge on any atom is -0.486 e. The molecule has 140 valence electrons. The van der Waals surface area contributed by atoms with E-state index in [-0.39, 0.29) is 6.10 Å². The predicted molar refractivity (Wildman–Crippen MR) is 103 cm³/mol. The topological polar surface area (TPSA) is 68.3 Å². The van der Waals surface area contributed by atoms with Crippen molar-refractivity contribution < 1.29 is 9.47 Å². The van der Waals surface area contributed by atoms with Crippen molar-refractivity contribution in [1.29, 1.82) is 0 Å². The molecule has 4 rings (SSSR count). The lowest BCUT2D eigenvalue weighted by atomic mass is 9.91. The molecule has 1 saturated carbocycles.